The van der Waals surface area contributed by atoms with Crippen LogP contribution in [0, 0.1) is 10.1 Å². The Hall–Kier alpha value is -1.07. The Bertz CT molecular complexity index is 385. The van der Waals surface area contributed by atoms with E-state index in [1.54, 1.807) is 12.1 Å². The zero-order valence-corrected chi connectivity index (χ0v) is 12.2. The van der Waals surface area contributed by atoms with Gasteiger partial charge in [-0.15, -0.1) is 0 Å². The number of benzene rings is 1. The monoisotopic (exact) mass is 282 g/mol. The Morgan fingerprint density at radius 2 is 1.95 bits per heavy atom. The zero-order chi connectivity index (χ0) is 13.9. The first-order chi connectivity index (χ1) is 9.25. The van der Waals surface area contributed by atoms with Gasteiger partial charge < -0.3 is 5.32 Å². The molecule has 0 saturated heterocycles. The molecule has 0 fully saturated rings. The molecule has 1 aromatic carbocycles. The highest BCUT2D eigenvalue weighted by Crippen LogP contribution is 2.17. The molecular weight excluding hydrogens is 260 g/mol. The van der Waals surface area contributed by atoms with Crippen LogP contribution in [0.4, 0.5) is 5.69 Å². The average Bonchev–Trinajstić information content (AvgIpc) is 2.42. The van der Waals surface area contributed by atoms with Crippen molar-refractivity contribution in [1.29, 1.82) is 0 Å². The van der Waals surface area contributed by atoms with Crippen LogP contribution in [-0.4, -0.2) is 23.5 Å². The first-order valence-corrected chi connectivity index (χ1v) is 8.07. The zero-order valence-electron chi connectivity index (χ0n) is 11.4. The van der Waals surface area contributed by atoms with E-state index in [0.29, 0.717) is 6.54 Å². The van der Waals surface area contributed by atoms with Gasteiger partial charge in [-0.1, -0.05) is 31.0 Å². The molecule has 0 saturated carbocycles. The summed E-state index contributed by atoms with van der Waals surface area (Å²) in [5, 5.41) is 14.1. The van der Waals surface area contributed by atoms with E-state index in [-0.39, 0.29) is 10.6 Å². The highest BCUT2D eigenvalue weighted by Gasteiger charge is 2.10. The summed E-state index contributed by atoms with van der Waals surface area (Å²) in [4.78, 5) is 10.5. The maximum Gasteiger partial charge on any atom is 0.273 e. The second kappa shape index (κ2) is 9.81. The van der Waals surface area contributed by atoms with E-state index >= 15 is 0 Å². The van der Waals surface area contributed by atoms with Crippen molar-refractivity contribution in [2.45, 2.75) is 32.2 Å². The van der Waals surface area contributed by atoms with Crippen LogP contribution in [0.2, 0.25) is 0 Å². The maximum absolute atomic E-state index is 10.8. The van der Waals surface area contributed by atoms with E-state index < -0.39 is 0 Å². The van der Waals surface area contributed by atoms with Gasteiger partial charge in [-0.05, 0) is 31.4 Å². The lowest BCUT2D eigenvalue weighted by molar-refractivity contribution is -0.385. The van der Waals surface area contributed by atoms with Crippen LogP contribution in [0.25, 0.3) is 0 Å². The third kappa shape index (κ3) is 6.59. The molecule has 1 rings (SSSR count). The lowest BCUT2D eigenvalue weighted by Crippen LogP contribution is -2.15. The van der Waals surface area contributed by atoms with E-state index in [9.17, 15) is 10.1 Å². The predicted molar refractivity (Wildman–Crippen MR) is 81.7 cm³/mol. The summed E-state index contributed by atoms with van der Waals surface area (Å²) in [6, 6.07) is 6.91. The topological polar surface area (TPSA) is 55.2 Å². The van der Waals surface area contributed by atoms with E-state index in [1.807, 2.05) is 23.9 Å². The summed E-state index contributed by atoms with van der Waals surface area (Å²) in [7, 11) is 0. The Morgan fingerprint density at radius 1 is 1.21 bits per heavy atom. The van der Waals surface area contributed by atoms with E-state index in [1.165, 1.54) is 25.0 Å². The fourth-order valence-corrected chi connectivity index (χ4v) is 2.40. The number of nitro groups is 1. The third-order valence-corrected chi connectivity index (χ3v) is 3.65. The summed E-state index contributed by atoms with van der Waals surface area (Å²) >= 11 is 1.89. The van der Waals surface area contributed by atoms with Gasteiger partial charge >= 0.3 is 0 Å². The SMILES string of the molecule is CSCCCCCCNCc1ccccc1[N+](=O)[O-]. The molecular formula is C14H22N2O2S. The first kappa shape index (κ1) is 16.0. The van der Waals surface area contributed by atoms with Gasteiger partial charge in [-0.2, -0.15) is 11.8 Å². The van der Waals surface area contributed by atoms with Gasteiger partial charge in [0.2, 0.25) is 0 Å². The minimum atomic E-state index is -0.320. The van der Waals surface area contributed by atoms with Crippen molar-refractivity contribution in [2.75, 3.05) is 18.6 Å². The summed E-state index contributed by atoms with van der Waals surface area (Å²) in [5.74, 6) is 1.24. The highest BCUT2D eigenvalue weighted by atomic mass is 32.2. The van der Waals surface area contributed by atoms with Crippen molar-refractivity contribution in [2.24, 2.45) is 0 Å². The van der Waals surface area contributed by atoms with Crippen LogP contribution < -0.4 is 5.32 Å². The van der Waals surface area contributed by atoms with Crippen molar-refractivity contribution in [3.8, 4) is 0 Å². The summed E-state index contributed by atoms with van der Waals surface area (Å²) in [6.45, 7) is 1.49. The van der Waals surface area contributed by atoms with Crippen LogP contribution in [-0.2, 0) is 6.54 Å². The highest BCUT2D eigenvalue weighted by molar-refractivity contribution is 7.98. The molecule has 0 bridgehead atoms. The molecule has 4 nitrogen and oxygen atoms in total. The molecule has 5 heteroatoms. The smallest absolute Gasteiger partial charge is 0.273 e. The van der Waals surface area contributed by atoms with E-state index in [2.05, 4.69) is 11.6 Å². The maximum atomic E-state index is 10.8. The number of thioether (sulfide) groups is 1. The second-order valence-corrected chi connectivity index (χ2v) is 5.46. The molecule has 1 N–H and O–H groups in total. The molecule has 0 aliphatic heterocycles. The van der Waals surface area contributed by atoms with Crippen molar-refractivity contribution in [3.05, 3.63) is 39.9 Å². The molecule has 0 aromatic heterocycles. The molecule has 0 aliphatic carbocycles. The molecule has 0 aliphatic rings. The predicted octanol–water partition coefficient (Wildman–Crippen LogP) is 3.61. The fourth-order valence-electron chi connectivity index (χ4n) is 1.91. The number of hydrogen-bond donors (Lipinski definition) is 1. The van der Waals surface area contributed by atoms with Crippen LogP contribution in [0.15, 0.2) is 24.3 Å². The van der Waals surface area contributed by atoms with Gasteiger partial charge in [0.25, 0.3) is 5.69 Å². The largest absolute Gasteiger partial charge is 0.312 e. The summed E-state index contributed by atoms with van der Waals surface area (Å²) in [6.07, 6.45) is 7.05. The lowest BCUT2D eigenvalue weighted by Gasteiger charge is -2.05. The van der Waals surface area contributed by atoms with Gasteiger partial charge in [0.05, 0.1) is 4.92 Å². The van der Waals surface area contributed by atoms with Gasteiger partial charge in [0.15, 0.2) is 0 Å². The second-order valence-electron chi connectivity index (χ2n) is 4.47. The van der Waals surface area contributed by atoms with Crippen molar-refractivity contribution in [1.82, 2.24) is 5.32 Å². The number of nitrogens with one attached hydrogen (secondary N) is 1. The number of nitrogens with zero attached hydrogens (tertiary/aromatic N) is 1. The van der Waals surface area contributed by atoms with Gasteiger partial charge in [-0.3, -0.25) is 10.1 Å². The fraction of sp³-hybridized carbons (Fsp3) is 0.571. The third-order valence-electron chi connectivity index (χ3n) is 2.96. The van der Waals surface area contributed by atoms with Crippen LogP contribution in [0.5, 0.6) is 0 Å². The minimum absolute atomic E-state index is 0.204. The Morgan fingerprint density at radius 3 is 2.68 bits per heavy atom. The quantitative estimate of drug-likeness (QED) is 0.404. The normalized spacial score (nSPS) is 10.6. The van der Waals surface area contributed by atoms with E-state index in [4.69, 9.17) is 0 Å². The van der Waals surface area contributed by atoms with Gasteiger partial charge in [0.1, 0.15) is 0 Å². The van der Waals surface area contributed by atoms with Gasteiger partial charge in [-0.25, -0.2) is 0 Å². The molecule has 0 atom stereocenters. The van der Waals surface area contributed by atoms with E-state index in [0.717, 1.165) is 18.5 Å². The van der Waals surface area contributed by atoms with Crippen LogP contribution in [0.3, 0.4) is 0 Å². The Labute approximate surface area is 119 Å². The summed E-state index contributed by atoms with van der Waals surface area (Å²) in [5.41, 5.74) is 0.963. The molecule has 0 heterocycles. The number of rotatable bonds is 10. The molecule has 0 amide bonds. The number of para-hydroxylation sites is 1. The average molecular weight is 282 g/mol. The molecule has 0 spiro atoms. The van der Waals surface area contributed by atoms with Crippen molar-refractivity contribution < 1.29 is 4.92 Å². The summed E-state index contributed by atoms with van der Waals surface area (Å²) < 4.78 is 0. The standard InChI is InChI=1S/C14H22N2O2S/c1-19-11-7-3-2-6-10-15-12-13-8-4-5-9-14(13)16(17)18/h4-5,8-9,15H,2-3,6-7,10-12H2,1H3. The molecule has 1 aromatic rings. The Balaban J connectivity index is 2.17. The molecule has 0 radical (unpaired) electrons. The van der Waals surface area contributed by atoms with Gasteiger partial charge in [0, 0.05) is 18.2 Å². The number of hydrogen-bond acceptors (Lipinski definition) is 4. The lowest BCUT2D eigenvalue weighted by atomic mass is 10.1. The van der Waals surface area contributed by atoms with Crippen molar-refractivity contribution >= 4 is 17.4 Å². The van der Waals surface area contributed by atoms with Crippen molar-refractivity contribution in [3.63, 3.8) is 0 Å². The molecule has 0 unspecified atom stereocenters. The number of unbranched alkanes of at least 4 members (excludes halogenated alkanes) is 3. The molecule has 19 heavy (non-hydrogen) atoms. The first-order valence-electron chi connectivity index (χ1n) is 6.67. The minimum Gasteiger partial charge on any atom is -0.312 e. The van der Waals surface area contributed by atoms with Crippen LogP contribution in [0.1, 0.15) is 31.2 Å². The Kier molecular flexibility index (Phi) is 8.25. The number of nitro benzene ring substituents is 1. The molecule has 106 valence electrons. The van der Waals surface area contributed by atoms with Crippen LogP contribution >= 0.6 is 11.8 Å².